The predicted molar refractivity (Wildman–Crippen MR) is 76.0 cm³/mol. The maximum absolute atomic E-state index is 14.0. The van der Waals surface area contributed by atoms with Crippen LogP contribution in [0.4, 0.5) is 4.39 Å². The van der Waals surface area contributed by atoms with Crippen molar-refractivity contribution in [1.82, 2.24) is 0 Å². The highest BCUT2D eigenvalue weighted by molar-refractivity contribution is 5.33. The number of phenolic OH excluding ortho intramolecular Hbond substituents is 1. The molecule has 0 saturated carbocycles. The van der Waals surface area contributed by atoms with Crippen LogP contribution in [0, 0.1) is 5.82 Å². The number of hydrogen-bond donors (Lipinski definition) is 3. The van der Waals surface area contributed by atoms with Gasteiger partial charge in [0.2, 0.25) is 0 Å². The molecule has 2 aromatic carbocycles. The lowest BCUT2D eigenvalue weighted by Crippen LogP contribution is -2.41. The Morgan fingerprint density at radius 1 is 1.05 bits per heavy atom. The average molecular weight is 275 g/mol. The van der Waals surface area contributed by atoms with Gasteiger partial charge in [-0.3, -0.25) is 0 Å². The van der Waals surface area contributed by atoms with Crippen LogP contribution in [-0.4, -0.2) is 23.4 Å². The highest BCUT2D eigenvalue weighted by Crippen LogP contribution is 2.30. The van der Waals surface area contributed by atoms with Crippen molar-refractivity contribution in [2.45, 2.75) is 11.8 Å². The van der Waals surface area contributed by atoms with Crippen LogP contribution in [0.2, 0.25) is 0 Å². The summed E-state index contributed by atoms with van der Waals surface area (Å²) in [4.78, 5) is 0. The zero-order valence-corrected chi connectivity index (χ0v) is 11.1. The molecule has 0 aromatic heterocycles. The summed E-state index contributed by atoms with van der Waals surface area (Å²) in [6, 6.07) is 13.0. The van der Waals surface area contributed by atoms with Gasteiger partial charge in [-0.15, -0.1) is 0 Å². The summed E-state index contributed by atoms with van der Waals surface area (Å²) in [6.45, 7) is -0.114. The lowest BCUT2D eigenvalue weighted by Gasteiger charge is -2.31. The number of benzene rings is 2. The first-order valence-corrected chi connectivity index (χ1v) is 6.45. The summed E-state index contributed by atoms with van der Waals surface area (Å²) < 4.78 is 14.0. The second kappa shape index (κ2) is 6.03. The zero-order chi connectivity index (χ0) is 14.6. The molecule has 0 amide bonds. The van der Waals surface area contributed by atoms with E-state index in [1.165, 1.54) is 6.07 Å². The number of rotatable bonds is 5. The summed E-state index contributed by atoms with van der Waals surface area (Å²) in [5.74, 6) is -0.201. The third-order valence-electron chi connectivity index (χ3n) is 3.62. The number of aliphatic hydroxyl groups is 1. The lowest BCUT2D eigenvalue weighted by atomic mass is 9.76. The van der Waals surface area contributed by atoms with Crippen LogP contribution in [-0.2, 0) is 11.8 Å². The number of nitrogens with two attached hydrogens (primary N) is 1. The molecular formula is C16H18FNO2. The van der Waals surface area contributed by atoms with Crippen molar-refractivity contribution in [1.29, 1.82) is 0 Å². The summed E-state index contributed by atoms with van der Waals surface area (Å²) >= 11 is 0. The molecule has 4 N–H and O–H groups in total. The quantitative estimate of drug-likeness (QED) is 0.781. The molecule has 1 unspecified atom stereocenters. The van der Waals surface area contributed by atoms with E-state index in [1.807, 2.05) is 0 Å². The number of aliphatic hydroxyl groups excluding tert-OH is 1. The van der Waals surface area contributed by atoms with Crippen molar-refractivity contribution in [2.24, 2.45) is 5.73 Å². The van der Waals surface area contributed by atoms with Crippen molar-refractivity contribution in [2.75, 3.05) is 13.2 Å². The van der Waals surface area contributed by atoms with Gasteiger partial charge in [0, 0.05) is 12.0 Å². The van der Waals surface area contributed by atoms with Gasteiger partial charge in [0.1, 0.15) is 11.6 Å². The maximum Gasteiger partial charge on any atom is 0.127 e. The third kappa shape index (κ3) is 2.81. The summed E-state index contributed by atoms with van der Waals surface area (Å²) in [5, 5.41) is 19.1. The van der Waals surface area contributed by atoms with E-state index in [1.54, 1.807) is 42.5 Å². The molecular weight excluding hydrogens is 257 g/mol. The van der Waals surface area contributed by atoms with Crippen LogP contribution in [0.3, 0.4) is 0 Å². The number of aromatic hydroxyl groups is 1. The number of hydrogen-bond acceptors (Lipinski definition) is 3. The Morgan fingerprint density at radius 2 is 1.70 bits per heavy atom. The molecule has 1 atom stereocenters. The monoisotopic (exact) mass is 275 g/mol. The Balaban J connectivity index is 2.39. The fraction of sp³-hybridized carbons (Fsp3) is 0.250. The van der Waals surface area contributed by atoms with Crippen molar-refractivity contribution >= 4 is 0 Å². The Morgan fingerprint density at radius 3 is 2.25 bits per heavy atom. The maximum atomic E-state index is 14.0. The summed E-state index contributed by atoms with van der Waals surface area (Å²) in [7, 11) is 0. The molecule has 0 radical (unpaired) electrons. The van der Waals surface area contributed by atoms with Gasteiger partial charge in [0.15, 0.2) is 0 Å². The van der Waals surface area contributed by atoms with Crippen LogP contribution in [0.15, 0.2) is 48.5 Å². The molecule has 2 rings (SSSR count). The molecule has 4 heteroatoms. The molecule has 3 nitrogen and oxygen atoms in total. The molecule has 0 spiro atoms. The smallest absolute Gasteiger partial charge is 0.127 e. The van der Waals surface area contributed by atoms with Gasteiger partial charge in [-0.1, -0.05) is 30.3 Å². The molecule has 106 valence electrons. The van der Waals surface area contributed by atoms with E-state index in [4.69, 9.17) is 5.73 Å². The fourth-order valence-electron chi connectivity index (χ4n) is 2.38. The molecule has 0 aliphatic carbocycles. The predicted octanol–water partition coefficient (Wildman–Crippen LogP) is 1.96. The molecule has 0 bridgehead atoms. The topological polar surface area (TPSA) is 66.5 Å². The minimum Gasteiger partial charge on any atom is -0.508 e. The van der Waals surface area contributed by atoms with Crippen molar-refractivity contribution < 1.29 is 14.6 Å². The van der Waals surface area contributed by atoms with E-state index in [9.17, 15) is 14.6 Å². The van der Waals surface area contributed by atoms with Crippen LogP contribution in [0.25, 0.3) is 0 Å². The molecule has 0 heterocycles. The minimum absolute atomic E-state index is 0.130. The van der Waals surface area contributed by atoms with Crippen LogP contribution >= 0.6 is 0 Å². The second-order valence-corrected chi connectivity index (χ2v) is 4.97. The molecule has 0 aliphatic heterocycles. The highest BCUT2D eigenvalue weighted by atomic mass is 19.1. The molecule has 0 aliphatic rings. The molecule has 20 heavy (non-hydrogen) atoms. The van der Waals surface area contributed by atoms with E-state index in [-0.39, 0.29) is 24.7 Å². The SMILES string of the molecule is NCC(CO)(Cc1ccc(O)cc1)c1ccccc1F. The Hall–Kier alpha value is -1.91. The van der Waals surface area contributed by atoms with E-state index in [0.717, 1.165) is 5.56 Å². The Bertz CT molecular complexity index is 565. The molecule has 2 aromatic rings. The Kier molecular flexibility index (Phi) is 4.37. The molecule has 0 saturated heterocycles. The summed E-state index contributed by atoms with van der Waals surface area (Å²) in [5.41, 5.74) is 6.26. The van der Waals surface area contributed by atoms with Crippen molar-refractivity contribution in [3.8, 4) is 5.75 Å². The van der Waals surface area contributed by atoms with Gasteiger partial charge in [-0.25, -0.2) is 4.39 Å². The second-order valence-electron chi connectivity index (χ2n) is 4.97. The van der Waals surface area contributed by atoms with E-state index in [2.05, 4.69) is 0 Å². The number of phenols is 1. The van der Waals surface area contributed by atoms with Crippen molar-refractivity contribution in [3.63, 3.8) is 0 Å². The zero-order valence-electron chi connectivity index (χ0n) is 11.1. The van der Waals surface area contributed by atoms with Gasteiger partial charge in [0.05, 0.1) is 6.61 Å². The van der Waals surface area contributed by atoms with Gasteiger partial charge in [0.25, 0.3) is 0 Å². The minimum atomic E-state index is -0.859. The van der Waals surface area contributed by atoms with Gasteiger partial charge >= 0.3 is 0 Å². The largest absolute Gasteiger partial charge is 0.508 e. The van der Waals surface area contributed by atoms with Crippen LogP contribution in [0.1, 0.15) is 11.1 Å². The van der Waals surface area contributed by atoms with Gasteiger partial charge in [-0.2, -0.15) is 0 Å². The first-order chi connectivity index (χ1) is 9.61. The first kappa shape index (κ1) is 14.5. The lowest BCUT2D eigenvalue weighted by molar-refractivity contribution is 0.192. The van der Waals surface area contributed by atoms with Crippen LogP contribution in [0.5, 0.6) is 5.75 Å². The highest BCUT2D eigenvalue weighted by Gasteiger charge is 2.33. The normalized spacial score (nSPS) is 13.9. The third-order valence-corrected chi connectivity index (χ3v) is 3.62. The number of halogens is 1. The van der Waals surface area contributed by atoms with E-state index in [0.29, 0.717) is 12.0 Å². The van der Waals surface area contributed by atoms with Crippen molar-refractivity contribution in [3.05, 3.63) is 65.5 Å². The van der Waals surface area contributed by atoms with Gasteiger partial charge < -0.3 is 15.9 Å². The van der Waals surface area contributed by atoms with Gasteiger partial charge in [-0.05, 0) is 35.7 Å². The first-order valence-electron chi connectivity index (χ1n) is 6.45. The average Bonchev–Trinajstić information content (AvgIpc) is 2.48. The fourth-order valence-corrected chi connectivity index (χ4v) is 2.38. The standard InChI is InChI=1S/C16H18FNO2/c17-15-4-2-1-3-14(15)16(10-18,11-19)9-12-5-7-13(20)8-6-12/h1-8,19-20H,9-11,18H2. The van der Waals surface area contributed by atoms with Crippen LogP contribution < -0.4 is 5.73 Å². The Labute approximate surface area is 117 Å². The summed E-state index contributed by atoms with van der Waals surface area (Å²) in [6.07, 6.45) is 0.404. The molecule has 0 fully saturated rings. The van der Waals surface area contributed by atoms with E-state index < -0.39 is 5.41 Å². The van der Waals surface area contributed by atoms with E-state index >= 15 is 0 Å².